The quantitative estimate of drug-likeness (QED) is 0.632. The third-order valence-corrected chi connectivity index (χ3v) is 2.97. The Morgan fingerprint density at radius 2 is 1.55 bits per heavy atom. The van der Waals surface area contributed by atoms with Gasteiger partial charge in [-0.05, 0) is 29.8 Å². The van der Waals surface area contributed by atoms with E-state index in [1.807, 2.05) is 0 Å². The van der Waals surface area contributed by atoms with E-state index in [9.17, 15) is 20.1 Å². The number of hydrogen-bond donors (Lipinski definition) is 3. The van der Waals surface area contributed by atoms with Crippen molar-refractivity contribution in [1.29, 1.82) is 0 Å². The molecule has 100 valence electrons. The predicted molar refractivity (Wildman–Crippen MR) is 72.9 cm³/mol. The van der Waals surface area contributed by atoms with Gasteiger partial charge in [0.1, 0.15) is 29.1 Å². The highest BCUT2D eigenvalue weighted by Gasteiger charge is 2.11. The van der Waals surface area contributed by atoms with Crippen molar-refractivity contribution in [2.75, 3.05) is 0 Å². The zero-order chi connectivity index (χ0) is 14.3. The molecule has 20 heavy (non-hydrogen) atoms. The van der Waals surface area contributed by atoms with E-state index in [-0.39, 0.29) is 33.8 Å². The zero-order valence-electron chi connectivity index (χ0n) is 10.2. The number of rotatable bonds is 1. The fraction of sp³-hybridized carbons (Fsp3) is 0. The summed E-state index contributed by atoms with van der Waals surface area (Å²) in [4.78, 5) is 12.4. The van der Waals surface area contributed by atoms with Gasteiger partial charge in [0.25, 0.3) is 0 Å². The largest absolute Gasteiger partial charge is 0.508 e. The molecule has 3 aromatic rings. The summed E-state index contributed by atoms with van der Waals surface area (Å²) in [7, 11) is 0. The summed E-state index contributed by atoms with van der Waals surface area (Å²) in [5.74, 6) is -0.293. The van der Waals surface area contributed by atoms with Crippen LogP contribution < -0.4 is 5.43 Å². The Morgan fingerprint density at radius 3 is 2.25 bits per heavy atom. The number of aromatic hydroxyl groups is 3. The first-order valence-corrected chi connectivity index (χ1v) is 5.82. The fourth-order valence-corrected chi connectivity index (χ4v) is 2.07. The maximum Gasteiger partial charge on any atom is 0.200 e. The highest BCUT2D eigenvalue weighted by Crippen LogP contribution is 2.28. The van der Waals surface area contributed by atoms with Gasteiger partial charge in [-0.25, -0.2) is 0 Å². The van der Waals surface area contributed by atoms with Crippen LogP contribution in [0.4, 0.5) is 0 Å². The maximum atomic E-state index is 12.4. The summed E-state index contributed by atoms with van der Waals surface area (Å²) in [6, 6.07) is 8.09. The van der Waals surface area contributed by atoms with E-state index in [0.29, 0.717) is 10.9 Å². The highest BCUT2D eigenvalue weighted by atomic mass is 16.3. The topological polar surface area (TPSA) is 90.9 Å². The first kappa shape index (κ1) is 12.1. The molecule has 0 aliphatic rings. The minimum atomic E-state index is -0.309. The Labute approximate surface area is 113 Å². The summed E-state index contributed by atoms with van der Waals surface area (Å²) < 4.78 is 5.32. The van der Waals surface area contributed by atoms with Gasteiger partial charge in [-0.2, -0.15) is 0 Å². The van der Waals surface area contributed by atoms with Gasteiger partial charge in [-0.3, -0.25) is 4.79 Å². The lowest BCUT2D eigenvalue weighted by atomic mass is 10.0. The van der Waals surface area contributed by atoms with Gasteiger partial charge < -0.3 is 19.7 Å². The lowest BCUT2D eigenvalue weighted by molar-refractivity contribution is 0.451. The van der Waals surface area contributed by atoms with Crippen molar-refractivity contribution in [2.24, 2.45) is 0 Å². The summed E-state index contributed by atoms with van der Waals surface area (Å²) in [6.07, 6.45) is 1.23. The van der Waals surface area contributed by atoms with Gasteiger partial charge in [0.15, 0.2) is 5.43 Å². The van der Waals surface area contributed by atoms with Crippen LogP contribution >= 0.6 is 0 Å². The van der Waals surface area contributed by atoms with E-state index in [2.05, 4.69) is 0 Å². The summed E-state index contributed by atoms with van der Waals surface area (Å²) in [5, 5.41) is 28.6. The monoisotopic (exact) mass is 270 g/mol. The number of fused-ring (bicyclic) bond motifs is 1. The minimum Gasteiger partial charge on any atom is -0.508 e. The SMILES string of the molecule is O=c1c(-c2cc(O)cc(O)c2)coc2cc(O)ccc12. The molecule has 0 aliphatic carbocycles. The molecule has 2 aromatic carbocycles. The average Bonchev–Trinajstić information content (AvgIpc) is 2.37. The third-order valence-electron chi connectivity index (χ3n) is 2.97. The number of benzene rings is 2. The Kier molecular flexibility index (Phi) is 2.61. The molecular weight excluding hydrogens is 260 g/mol. The van der Waals surface area contributed by atoms with Crippen LogP contribution in [0.3, 0.4) is 0 Å². The summed E-state index contributed by atoms with van der Waals surface area (Å²) >= 11 is 0. The van der Waals surface area contributed by atoms with Crippen molar-refractivity contribution in [2.45, 2.75) is 0 Å². The van der Waals surface area contributed by atoms with Crippen molar-refractivity contribution >= 4 is 11.0 Å². The zero-order valence-corrected chi connectivity index (χ0v) is 10.2. The van der Waals surface area contributed by atoms with E-state index < -0.39 is 0 Å². The average molecular weight is 270 g/mol. The lowest BCUT2D eigenvalue weighted by Crippen LogP contribution is -2.04. The van der Waals surface area contributed by atoms with E-state index >= 15 is 0 Å². The van der Waals surface area contributed by atoms with Crippen LogP contribution in [0.5, 0.6) is 17.2 Å². The van der Waals surface area contributed by atoms with Gasteiger partial charge in [0, 0.05) is 12.1 Å². The Balaban J connectivity index is 2.29. The smallest absolute Gasteiger partial charge is 0.200 e. The van der Waals surface area contributed by atoms with Crippen molar-refractivity contribution in [3.8, 4) is 28.4 Å². The maximum absolute atomic E-state index is 12.4. The summed E-state index contributed by atoms with van der Waals surface area (Å²) in [6.45, 7) is 0. The molecule has 0 saturated carbocycles. The molecule has 0 unspecified atom stereocenters. The van der Waals surface area contributed by atoms with E-state index in [0.717, 1.165) is 0 Å². The van der Waals surface area contributed by atoms with Crippen LogP contribution in [0.25, 0.3) is 22.1 Å². The van der Waals surface area contributed by atoms with E-state index in [4.69, 9.17) is 4.42 Å². The molecule has 5 heteroatoms. The van der Waals surface area contributed by atoms with Crippen molar-refractivity contribution in [3.05, 3.63) is 52.9 Å². The molecule has 1 aromatic heterocycles. The van der Waals surface area contributed by atoms with Crippen LogP contribution in [0.15, 0.2) is 51.9 Å². The molecule has 0 spiro atoms. The molecule has 0 saturated heterocycles. The molecular formula is C15H10O5. The molecule has 0 amide bonds. The van der Waals surface area contributed by atoms with E-state index in [1.165, 1.54) is 42.7 Å². The number of hydrogen-bond acceptors (Lipinski definition) is 5. The molecule has 0 radical (unpaired) electrons. The Hall–Kier alpha value is -2.95. The normalized spacial score (nSPS) is 10.8. The molecule has 3 N–H and O–H groups in total. The van der Waals surface area contributed by atoms with Gasteiger partial charge in [0.05, 0.1) is 10.9 Å². The molecule has 1 heterocycles. The lowest BCUT2D eigenvalue weighted by Gasteiger charge is -2.04. The summed E-state index contributed by atoms with van der Waals surface area (Å²) in [5.41, 5.74) is 0.528. The fourth-order valence-electron chi connectivity index (χ4n) is 2.07. The first-order valence-electron chi connectivity index (χ1n) is 5.82. The van der Waals surface area contributed by atoms with Crippen molar-refractivity contribution < 1.29 is 19.7 Å². The molecule has 3 rings (SSSR count). The molecule has 0 bridgehead atoms. The number of phenolic OH excluding ortho intramolecular Hbond substituents is 3. The molecule has 0 aliphatic heterocycles. The van der Waals surface area contributed by atoms with E-state index in [1.54, 1.807) is 0 Å². The Morgan fingerprint density at radius 1 is 0.850 bits per heavy atom. The van der Waals surface area contributed by atoms with Crippen LogP contribution in [0.1, 0.15) is 0 Å². The van der Waals surface area contributed by atoms with Gasteiger partial charge >= 0.3 is 0 Å². The van der Waals surface area contributed by atoms with Crippen LogP contribution in [-0.4, -0.2) is 15.3 Å². The van der Waals surface area contributed by atoms with Gasteiger partial charge in [-0.15, -0.1) is 0 Å². The standard InChI is InChI=1S/C15H10O5/c16-9-1-2-12-14(6-9)20-7-13(15(12)19)8-3-10(17)5-11(18)4-8/h1-7,16-18H. The Bertz CT molecular complexity index is 844. The predicted octanol–water partition coefficient (Wildman–Crippen LogP) is 2.58. The number of phenols is 3. The molecule has 5 nitrogen and oxygen atoms in total. The third kappa shape index (κ3) is 1.95. The second-order valence-electron chi connectivity index (χ2n) is 4.40. The van der Waals surface area contributed by atoms with Crippen molar-refractivity contribution in [1.82, 2.24) is 0 Å². The van der Waals surface area contributed by atoms with Crippen molar-refractivity contribution in [3.63, 3.8) is 0 Å². The minimum absolute atomic E-state index is 0.00315. The van der Waals surface area contributed by atoms with Crippen LogP contribution in [-0.2, 0) is 0 Å². The van der Waals surface area contributed by atoms with Gasteiger partial charge in [0.2, 0.25) is 0 Å². The second-order valence-corrected chi connectivity index (χ2v) is 4.40. The second kappa shape index (κ2) is 4.31. The van der Waals surface area contributed by atoms with Crippen LogP contribution in [0.2, 0.25) is 0 Å². The molecule has 0 atom stereocenters. The molecule has 0 fully saturated rings. The van der Waals surface area contributed by atoms with Crippen LogP contribution in [0, 0.1) is 0 Å². The van der Waals surface area contributed by atoms with Gasteiger partial charge in [-0.1, -0.05) is 0 Å². The highest BCUT2D eigenvalue weighted by molar-refractivity contribution is 5.82. The first-order chi connectivity index (χ1) is 9.54.